The van der Waals surface area contributed by atoms with E-state index in [4.69, 9.17) is 9.26 Å². The maximum atomic E-state index is 12.5. The Morgan fingerprint density at radius 2 is 1.80 bits per heavy atom. The van der Waals surface area contributed by atoms with E-state index < -0.39 is 0 Å². The number of anilines is 1. The topological polar surface area (TPSA) is 71.7 Å². The third-order valence-electron chi connectivity index (χ3n) is 5.02. The fourth-order valence-electron chi connectivity index (χ4n) is 3.34. The number of carbonyl (C=O) groups excluding carboxylic acids is 1. The highest BCUT2D eigenvalue weighted by Gasteiger charge is 2.21. The van der Waals surface area contributed by atoms with Crippen LogP contribution in [0.25, 0.3) is 11.4 Å². The zero-order valence-corrected chi connectivity index (χ0v) is 17.7. The summed E-state index contributed by atoms with van der Waals surface area (Å²) in [5.41, 5.74) is 2.08. The predicted octanol–water partition coefficient (Wildman–Crippen LogP) is 3.33. The molecule has 0 N–H and O–H groups in total. The van der Waals surface area contributed by atoms with Crippen molar-refractivity contribution in [3.05, 3.63) is 60.5 Å². The molecule has 2 heterocycles. The van der Waals surface area contributed by atoms with Gasteiger partial charge in [0.25, 0.3) is 0 Å². The number of para-hydroxylation sites is 1. The molecule has 1 amide bonds. The van der Waals surface area contributed by atoms with Gasteiger partial charge in [-0.3, -0.25) is 4.79 Å². The summed E-state index contributed by atoms with van der Waals surface area (Å²) in [5, 5.41) is 4.03. The van der Waals surface area contributed by atoms with E-state index in [0.29, 0.717) is 23.2 Å². The second-order valence-electron chi connectivity index (χ2n) is 6.94. The molecule has 0 bridgehead atoms. The highest BCUT2D eigenvalue weighted by atomic mass is 32.2. The number of benzene rings is 2. The SMILES string of the molecule is COc1ccc(-c2noc(CSCC(=O)N3CCN(c4ccccc4)CC3)n2)cc1. The number of carbonyl (C=O) groups is 1. The molecule has 4 rings (SSSR count). The standard InChI is InChI=1S/C22H24N4O3S/c1-28-19-9-7-17(8-10-19)22-23-20(29-24-22)15-30-16-21(27)26-13-11-25(12-14-26)18-5-3-2-4-6-18/h2-10H,11-16H2,1H3. The first-order valence-electron chi connectivity index (χ1n) is 9.85. The van der Waals surface area contributed by atoms with Crippen molar-refractivity contribution in [2.45, 2.75) is 5.75 Å². The number of piperazine rings is 1. The van der Waals surface area contributed by atoms with Crippen molar-refractivity contribution in [2.24, 2.45) is 0 Å². The molecule has 0 atom stereocenters. The Balaban J connectivity index is 1.22. The van der Waals surface area contributed by atoms with Crippen LogP contribution in [0.5, 0.6) is 5.75 Å². The molecule has 7 nitrogen and oxygen atoms in total. The molecular formula is C22H24N4O3S. The number of aromatic nitrogens is 2. The van der Waals surface area contributed by atoms with E-state index in [1.165, 1.54) is 17.4 Å². The number of hydrogen-bond donors (Lipinski definition) is 0. The third kappa shape index (κ3) is 4.94. The largest absolute Gasteiger partial charge is 0.497 e. The van der Waals surface area contributed by atoms with Crippen molar-refractivity contribution in [3.8, 4) is 17.1 Å². The van der Waals surface area contributed by atoms with Crippen LogP contribution in [0.3, 0.4) is 0 Å². The van der Waals surface area contributed by atoms with Gasteiger partial charge >= 0.3 is 0 Å². The lowest BCUT2D eigenvalue weighted by atomic mass is 10.2. The zero-order chi connectivity index (χ0) is 20.8. The summed E-state index contributed by atoms with van der Waals surface area (Å²) in [7, 11) is 1.63. The van der Waals surface area contributed by atoms with E-state index in [0.717, 1.165) is 37.5 Å². The maximum absolute atomic E-state index is 12.5. The first kappa shape index (κ1) is 20.3. The summed E-state index contributed by atoms with van der Waals surface area (Å²) in [5.74, 6) is 2.91. The van der Waals surface area contributed by atoms with E-state index >= 15 is 0 Å². The molecule has 8 heteroatoms. The van der Waals surface area contributed by atoms with Crippen LogP contribution in [-0.2, 0) is 10.5 Å². The quantitative estimate of drug-likeness (QED) is 0.576. The number of ether oxygens (including phenoxy) is 1. The number of rotatable bonds is 7. The van der Waals surface area contributed by atoms with Crippen molar-refractivity contribution >= 4 is 23.4 Å². The summed E-state index contributed by atoms with van der Waals surface area (Å²) in [6.07, 6.45) is 0. The van der Waals surface area contributed by atoms with Crippen LogP contribution < -0.4 is 9.64 Å². The molecule has 1 saturated heterocycles. The van der Waals surface area contributed by atoms with Gasteiger partial charge in [0.1, 0.15) is 5.75 Å². The number of nitrogens with zero attached hydrogens (tertiary/aromatic N) is 4. The molecule has 156 valence electrons. The minimum atomic E-state index is 0.155. The second-order valence-corrected chi connectivity index (χ2v) is 7.92. The van der Waals surface area contributed by atoms with Gasteiger partial charge in [0.15, 0.2) is 0 Å². The van der Waals surface area contributed by atoms with Gasteiger partial charge in [0.2, 0.25) is 17.6 Å². The van der Waals surface area contributed by atoms with Crippen LogP contribution >= 0.6 is 11.8 Å². The van der Waals surface area contributed by atoms with Gasteiger partial charge in [-0.05, 0) is 36.4 Å². The lowest BCUT2D eigenvalue weighted by Crippen LogP contribution is -2.49. The number of amides is 1. The fourth-order valence-corrected chi connectivity index (χ4v) is 4.09. The van der Waals surface area contributed by atoms with E-state index in [-0.39, 0.29) is 5.91 Å². The third-order valence-corrected chi connectivity index (χ3v) is 5.92. The van der Waals surface area contributed by atoms with Crippen LogP contribution in [-0.4, -0.2) is 60.0 Å². The highest BCUT2D eigenvalue weighted by molar-refractivity contribution is 7.99. The molecule has 3 aromatic rings. The number of thioether (sulfide) groups is 1. The van der Waals surface area contributed by atoms with Crippen molar-refractivity contribution in [1.82, 2.24) is 15.0 Å². The summed E-state index contributed by atoms with van der Waals surface area (Å²) in [6.45, 7) is 3.21. The van der Waals surface area contributed by atoms with Gasteiger partial charge in [0.05, 0.1) is 18.6 Å². The molecule has 0 unspecified atom stereocenters. The number of methoxy groups -OCH3 is 1. The molecule has 0 saturated carbocycles. The molecule has 0 aliphatic carbocycles. The Kier molecular flexibility index (Phi) is 6.53. The minimum absolute atomic E-state index is 0.155. The van der Waals surface area contributed by atoms with Crippen molar-refractivity contribution in [1.29, 1.82) is 0 Å². The Labute approximate surface area is 180 Å². The summed E-state index contributed by atoms with van der Waals surface area (Å²) < 4.78 is 10.5. The van der Waals surface area contributed by atoms with Crippen molar-refractivity contribution < 1.29 is 14.1 Å². The fraction of sp³-hybridized carbons (Fsp3) is 0.318. The summed E-state index contributed by atoms with van der Waals surface area (Å²) >= 11 is 1.50. The van der Waals surface area contributed by atoms with Crippen LogP contribution in [0.4, 0.5) is 5.69 Å². The average molecular weight is 425 g/mol. The monoisotopic (exact) mass is 424 g/mol. The first-order chi connectivity index (χ1) is 14.7. The van der Waals surface area contributed by atoms with Gasteiger partial charge in [0, 0.05) is 37.4 Å². The second kappa shape index (κ2) is 9.67. The molecule has 1 aliphatic heterocycles. The van der Waals surface area contributed by atoms with Gasteiger partial charge in [-0.2, -0.15) is 4.98 Å². The van der Waals surface area contributed by atoms with Gasteiger partial charge in [-0.25, -0.2) is 0 Å². The lowest BCUT2D eigenvalue weighted by molar-refractivity contribution is -0.128. The van der Waals surface area contributed by atoms with Crippen LogP contribution in [0, 0.1) is 0 Å². The van der Waals surface area contributed by atoms with Gasteiger partial charge in [-0.1, -0.05) is 23.4 Å². The molecule has 30 heavy (non-hydrogen) atoms. The Morgan fingerprint density at radius 3 is 2.50 bits per heavy atom. The Hall–Kier alpha value is -3.00. The van der Waals surface area contributed by atoms with Crippen LogP contribution in [0.1, 0.15) is 5.89 Å². The van der Waals surface area contributed by atoms with Gasteiger partial charge < -0.3 is 19.1 Å². The molecule has 0 spiro atoms. The minimum Gasteiger partial charge on any atom is -0.497 e. The smallest absolute Gasteiger partial charge is 0.236 e. The van der Waals surface area contributed by atoms with Gasteiger partial charge in [-0.15, -0.1) is 11.8 Å². The zero-order valence-electron chi connectivity index (χ0n) is 16.9. The molecule has 2 aromatic carbocycles. The van der Waals surface area contributed by atoms with Crippen molar-refractivity contribution in [3.63, 3.8) is 0 Å². The van der Waals surface area contributed by atoms with E-state index in [9.17, 15) is 4.79 Å². The summed E-state index contributed by atoms with van der Waals surface area (Å²) in [4.78, 5) is 21.2. The van der Waals surface area contributed by atoms with E-state index in [1.54, 1.807) is 7.11 Å². The average Bonchev–Trinajstić information content (AvgIpc) is 3.29. The predicted molar refractivity (Wildman–Crippen MR) is 118 cm³/mol. The highest BCUT2D eigenvalue weighted by Crippen LogP contribution is 2.21. The molecule has 1 fully saturated rings. The molecule has 1 aromatic heterocycles. The Bertz CT molecular complexity index is 954. The van der Waals surface area contributed by atoms with E-state index in [2.05, 4.69) is 27.2 Å². The summed E-state index contributed by atoms with van der Waals surface area (Å²) in [6, 6.07) is 17.8. The maximum Gasteiger partial charge on any atom is 0.236 e. The normalized spacial score (nSPS) is 14.0. The molecule has 0 radical (unpaired) electrons. The Morgan fingerprint density at radius 1 is 1.07 bits per heavy atom. The lowest BCUT2D eigenvalue weighted by Gasteiger charge is -2.36. The molecular weight excluding hydrogens is 400 g/mol. The number of hydrogen-bond acceptors (Lipinski definition) is 7. The van der Waals surface area contributed by atoms with Crippen LogP contribution in [0.2, 0.25) is 0 Å². The van der Waals surface area contributed by atoms with E-state index in [1.807, 2.05) is 47.4 Å². The first-order valence-corrected chi connectivity index (χ1v) is 11.0. The van der Waals surface area contributed by atoms with Crippen LogP contribution in [0.15, 0.2) is 59.1 Å². The van der Waals surface area contributed by atoms with Crippen molar-refractivity contribution in [2.75, 3.05) is 43.9 Å². The molecule has 1 aliphatic rings.